The van der Waals surface area contributed by atoms with E-state index in [1.807, 2.05) is 17.0 Å². The van der Waals surface area contributed by atoms with Crippen LogP contribution in [0.1, 0.15) is 28.8 Å². The Morgan fingerprint density at radius 3 is 2.66 bits per heavy atom. The third-order valence-corrected chi connectivity index (χ3v) is 5.06. The molecule has 2 amide bonds. The van der Waals surface area contributed by atoms with Crippen LogP contribution in [0.25, 0.3) is 0 Å². The average Bonchev–Trinajstić information content (AvgIpc) is 2.77. The van der Waals surface area contributed by atoms with E-state index in [2.05, 4.69) is 15.6 Å². The Labute approximate surface area is 168 Å². The Bertz CT molecular complexity index is 895. The van der Waals surface area contributed by atoms with Crippen LogP contribution in [0.4, 0.5) is 11.4 Å². The van der Waals surface area contributed by atoms with Gasteiger partial charge in [0.1, 0.15) is 0 Å². The molecular formula is C20H23N5O4. The molecule has 1 fully saturated rings. The lowest BCUT2D eigenvalue weighted by Gasteiger charge is -2.34. The molecule has 3 rings (SSSR count). The van der Waals surface area contributed by atoms with Gasteiger partial charge >= 0.3 is 0 Å². The molecule has 0 bridgehead atoms. The Morgan fingerprint density at radius 2 is 2.03 bits per heavy atom. The first-order chi connectivity index (χ1) is 14.0. The van der Waals surface area contributed by atoms with Crippen molar-refractivity contribution < 1.29 is 14.5 Å². The van der Waals surface area contributed by atoms with Crippen molar-refractivity contribution in [2.24, 2.45) is 5.92 Å². The lowest BCUT2D eigenvalue weighted by atomic mass is 9.94. The van der Waals surface area contributed by atoms with Gasteiger partial charge in [-0.05, 0) is 30.5 Å². The largest absolute Gasteiger partial charge is 0.371 e. The number of hydrogen-bond donors (Lipinski definition) is 2. The minimum atomic E-state index is -0.519. The average molecular weight is 397 g/mol. The van der Waals surface area contributed by atoms with E-state index in [1.54, 1.807) is 18.5 Å². The van der Waals surface area contributed by atoms with E-state index in [0.717, 1.165) is 5.56 Å². The number of hydrogen-bond acceptors (Lipinski definition) is 6. The standard InChI is InChI=1S/C20H23N5O4/c1-21-20(27)17-11-16(25(28)29)4-5-18(17)24-9-6-15(7-10-24)19(26)23-13-14-3-2-8-22-12-14/h2-5,8,11-12,15H,6-7,9-10,13H2,1H3,(H,21,27)(H,23,26). The lowest BCUT2D eigenvalue weighted by molar-refractivity contribution is -0.384. The Kier molecular flexibility index (Phi) is 6.38. The van der Waals surface area contributed by atoms with Gasteiger partial charge in [0.05, 0.1) is 16.2 Å². The quantitative estimate of drug-likeness (QED) is 0.568. The van der Waals surface area contributed by atoms with Gasteiger partial charge in [0.15, 0.2) is 0 Å². The number of pyridine rings is 1. The number of non-ortho nitro benzene ring substituents is 1. The fourth-order valence-electron chi connectivity index (χ4n) is 3.45. The van der Waals surface area contributed by atoms with Crippen molar-refractivity contribution in [3.63, 3.8) is 0 Å². The van der Waals surface area contributed by atoms with Crippen LogP contribution in [-0.2, 0) is 11.3 Å². The second kappa shape index (κ2) is 9.13. The maximum atomic E-state index is 12.5. The van der Waals surface area contributed by atoms with Gasteiger partial charge in [-0.25, -0.2) is 0 Å². The number of nitrogens with zero attached hydrogens (tertiary/aromatic N) is 3. The maximum Gasteiger partial charge on any atom is 0.270 e. The van der Waals surface area contributed by atoms with Crippen LogP contribution >= 0.6 is 0 Å². The monoisotopic (exact) mass is 397 g/mol. The van der Waals surface area contributed by atoms with Crippen LogP contribution in [0.15, 0.2) is 42.7 Å². The summed E-state index contributed by atoms with van der Waals surface area (Å²) in [6, 6.07) is 8.03. The molecule has 0 radical (unpaired) electrons. The first-order valence-corrected chi connectivity index (χ1v) is 9.41. The van der Waals surface area contributed by atoms with Crippen LogP contribution in [-0.4, -0.2) is 41.9 Å². The normalized spacial score (nSPS) is 14.3. The summed E-state index contributed by atoms with van der Waals surface area (Å²) in [5.74, 6) is -0.479. The molecule has 9 heteroatoms. The molecule has 1 aromatic carbocycles. The van der Waals surface area contributed by atoms with E-state index in [1.165, 1.54) is 19.2 Å². The molecule has 2 aromatic rings. The number of aromatic nitrogens is 1. The van der Waals surface area contributed by atoms with Crippen molar-refractivity contribution in [1.29, 1.82) is 0 Å². The highest BCUT2D eigenvalue weighted by atomic mass is 16.6. The van der Waals surface area contributed by atoms with Crippen LogP contribution < -0.4 is 15.5 Å². The van der Waals surface area contributed by atoms with Crippen molar-refractivity contribution in [1.82, 2.24) is 15.6 Å². The number of benzene rings is 1. The summed E-state index contributed by atoms with van der Waals surface area (Å²) in [5, 5.41) is 16.5. The van der Waals surface area contributed by atoms with Crippen molar-refractivity contribution in [3.05, 3.63) is 64.0 Å². The highest BCUT2D eigenvalue weighted by Gasteiger charge is 2.27. The van der Waals surface area contributed by atoms with Gasteiger partial charge < -0.3 is 15.5 Å². The van der Waals surface area contributed by atoms with Crippen LogP contribution in [0, 0.1) is 16.0 Å². The van der Waals surface area contributed by atoms with E-state index in [0.29, 0.717) is 38.2 Å². The topological polar surface area (TPSA) is 117 Å². The summed E-state index contributed by atoms with van der Waals surface area (Å²) in [6.07, 6.45) is 4.69. The second-order valence-electron chi connectivity index (χ2n) is 6.88. The van der Waals surface area contributed by atoms with Crippen LogP contribution in [0.3, 0.4) is 0 Å². The molecule has 0 spiro atoms. The number of anilines is 1. The van der Waals surface area contributed by atoms with E-state index < -0.39 is 4.92 Å². The highest BCUT2D eigenvalue weighted by Crippen LogP contribution is 2.29. The Morgan fingerprint density at radius 1 is 1.28 bits per heavy atom. The van der Waals surface area contributed by atoms with Crippen LogP contribution in [0.5, 0.6) is 0 Å². The molecule has 0 unspecified atom stereocenters. The van der Waals surface area contributed by atoms with Crippen molar-refractivity contribution in [2.45, 2.75) is 19.4 Å². The zero-order valence-electron chi connectivity index (χ0n) is 16.1. The van der Waals surface area contributed by atoms with E-state index in [4.69, 9.17) is 0 Å². The van der Waals surface area contributed by atoms with Gasteiger partial charge in [-0.1, -0.05) is 6.07 Å². The molecule has 29 heavy (non-hydrogen) atoms. The van der Waals surface area contributed by atoms with Crippen molar-refractivity contribution in [2.75, 3.05) is 25.0 Å². The molecule has 2 N–H and O–H groups in total. The lowest BCUT2D eigenvalue weighted by Crippen LogP contribution is -2.41. The van der Waals surface area contributed by atoms with Gasteiger partial charge in [-0.2, -0.15) is 0 Å². The zero-order chi connectivity index (χ0) is 20.8. The van der Waals surface area contributed by atoms with Crippen molar-refractivity contribution in [3.8, 4) is 0 Å². The summed E-state index contributed by atoms with van der Waals surface area (Å²) >= 11 is 0. The fraction of sp³-hybridized carbons (Fsp3) is 0.350. The van der Waals surface area contributed by atoms with E-state index in [9.17, 15) is 19.7 Å². The van der Waals surface area contributed by atoms with E-state index >= 15 is 0 Å². The number of carbonyl (C=O) groups excluding carboxylic acids is 2. The number of piperidine rings is 1. The van der Waals surface area contributed by atoms with Gasteiger partial charge in [0, 0.05) is 57.1 Å². The summed E-state index contributed by atoms with van der Waals surface area (Å²) in [7, 11) is 1.49. The molecular weight excluding hydrogens is 374 g/mol. The zero-order valence-corrected chi connectivity index (χ0v) is 16.1. The number of carbonyl (C=O) groups is 2. The molecule has 9 nitrogen and oxygen atoms in total. The van der Waals surface area contributed by atoms with Gasteiger partial charge in [0.2, 0.25) is 5.91 Å². The summed E-state index contributed by atoms with van der Waals surface area (Å²) in [6.45, 7) is 1.62. The first kappa shape index (κ1) is 20.2. The number of nitro groups is 1. The smallest absolute Gasteiger partial charge is 0.270 e. The molecule has 1 aliphatic rings. The maximum absolute atomic E-state index is 12.5. The fourth-order valence-corrected chi connectivity index (χ4v) is 3.45. The number of rotatable bonds is 6. The van der Waals surface area contributed by atoms with Crippen LogP contribution in [0.2, 0.25) is 0 Å². The molecule has 0 saturated carbocycles. The third kappa shape index (κ3) is 4.87. The SMILES string of the molecule is CNC(=O)c1cc([N+](=O)[O-])ccc1N1CCC(C(=O)NCc2cccnc2)CC1. The summed E-state index contributed by atoms with van der Waals surface area (Å²) in [4.78, 5) is 41.2. The molecule has 1 aromatic heterocycles. The molecule has 1 saturated heterocycles. The van der Waals surface area contributed by atoms with Gasteiger partial charge in [0.25, 0.3) is 11.6 Å². The number of nitro benzene ring substituents is 1. The third-order valence-electron chi connectivity index (χ3n) is 5.06. The summed E-state index contributed by atoms with van der Waals surface area (Å²) < 4.78 is 0. The predicted octanol–water partition coefficient (Wildman–Crippen LogP) is 1.88. The molecule has 1 aliphatic heterocycles. The highest BCUT2D eigenvalue weighted by molar-refractivity contribution is 6.00. The molecule has 2 heterocycles. The van der Waals surface area contributed by atoms with E-state index in [-0.39, 0.29) is 29.0 Å². The first-order valence-electron chi connectivity index (χ1n) is 9.41. The Hall–Kier alpha value is -3.49. The second-order valence-corrected chi connectivity index (χ2v) is 6.88. The Balaban J connectivity index is 1.63. The minimum absolute atomic E-state index is 0.00345. The number of amides is 2. The summed E-state index contributed by atoms with van der Waals surface area (Å²) in [5.41, 5.74) is 1.72. The van der Waals surface area contributed by atoms with Gasteiger partial charge in [-0.15, -0.1) is 0 Å². The van der Waals surface area contributed by atoms with Gasteiger partial charge in [-0.3, -0.25) is 24.7 Å². The molecule has 0 atom stereocenters. The number of nitrogens with one attached hydrogen (secondary N) is 2. The predicted molar refractivity (Wildman–Crippen MR) is 108 cm³/mol. The molecule has 0 aliphatic carbocycles. The minimum Gasteiger partial charge on any atom is -0.371 e. The van der Waals surface area contributed by atoms with Crippen molar-refractivity contribution >= 4 is 23.2 Å². The molecule has 152 valence electrons.